The molecule has 0 unspecified atom stereocenters. The van der Waals surface area contributed by atoms with Crippen molar-refractivity contribution in [3.8, 4) is 0 Å². The lowest BCUT2D eigenvalue weighted by Crippen LogP contribution is -2.24. The number of nitrogens with one attached hydrogen (secondary N) is 1. The largest absolute Gasteiger partial charge is 0.455 e. The van der Waals surface area contributed by atoms with E-state index in [9.17, 15) is 4.79 Å². The molecule has 3 nitrogen and oxygen atoms in total. The van der Waals surface area contributed by atoms with Gasteiger partial charge in [-0.05, 0) is 57.6 Å². The number of carbonyl (C=O) groups excluding carboxylic acids is 1. The van der Waals surface area contributed by atoms with Crippen molar-refractivity contribution >= 4 is 5.97 Å². The van der Waals surface area contributed by atoms with Crippen molar-refractivity contribution in [1.82, 2.24) is 4.98 Å². The molecule has 0 bridgehead atoms. The smallest absolute Gasteiger partial charge is 0.355 e. The van der Waals surface area contributed by atoms with Crippen LogP contribution in [-0.2, 0) is 11.2 Å². The van der Waals surface area contributed by atoms with Crippen LogP contribution in [0.3, 0.4) is 0 Å². The number of aryl methyl sites for hydroxylation is 1. The van der Waals surface area contributed by atoms with Gasteiger partial charge in [-0.25, -0.2) is 4.79 Å². The monoisotopic (exact) mass is 265 g/mol. The van der Waals surface area contributed by atoms with Crippen molar-refractivity contribution in [3.05, 3.63) is 22.5 Å². The zero-order valence-electron chi connectivity index (χ0n) is 13.5. The molecule has 0 aliphatic carbocycles. The van der Waals surface area contributed by atoms with Gasteiger partial charge in [0.2, 0.25) is 0 Å². The molecular formula is C16H27NO2. The highest BCUT2D eigenvalue weighted by atomic mass is 16.6. The standard InChI is InChI=1S/C16H27NO2/c1-10-12(9-15(3,4)5)11(2)17-13(10)14(18)19-16(6,7)8/h17H,9H2,1-8H3. The molecule has 1 aromatic heterocycles. The Hall–Kier alpha value is -1.25. The van der Waals surface area contributed by atoms with E-state index < -0.39 is 5.60 Å². The molecule has 19 heavy (non-hydrogen) atoms. The molecule has 3 heteroatoms. The summed E-state index contributed by atoms with van der Waals surface area (Å²) in [6.07, 6.45) is 0.948. The Morgan fingerprint density at radius 3 is 2.05 bits per heavy atom. The molecule has 0 aromatic carbocycles. The molecule has 1 rings (SSSR count). The van der Waals surface area contributed by atoms with E-state index >= 15 is 0 Å². The molecule has 0 saturated heterocycles. The van der Waals surface area contributed by atoms with Gasteiger partial charge < -0.3 is 9.72 Å². The number of H-pyrrole nitrogens is 1. The van der Waals surface area contributed by atoms with Gasteiger partial charge in [0, 0.05) is 5.69 Å². The van der Waals surface area contributed by atoms with Crippen molar-refractivity contribution in [2.24, 2.45) is 5.41 Å². The average Bonchev–Trinajstić information content (AvgIpc) is 2.41. The van der Waals surface area contributed by atoms with Crippen molar-refractivity contribution in [1.29, 1.82) is 0 Å². The van der Waals surface area contributed by atoms with Gasteiger partial charge in [-0.3, -0.25) is 0 Å². The summed E-state index contributed by atoms with van der Waals surface area (Å²) in [6, 6.07) is 0. The second-order valence-electron chi connectivity index (χ2n) is 7.47. The minimum Gasteiger partial charge on any atom is -0.455 e. The van der Waals surface area contributed by atoms with Gasteiger partial charge in [0.25, 0.3) is 0 Å². The van der Waals surface area contributed by atoms with E-state index in [0.717, 1.165) is 17.7 Å². The SMILES string of the molecule is Cc1[nH]c(C(=O)OC(C)(C)C)c(C)c1CC(C)(C)C. The second-order valence-corrected chi connectivity index (χ2v) is 7.47. The average molecular weight is 265 g/mol. The lowest BCUT2D eigenvalue weighted by Gasteiger charge is -2.20. The van der Waals surface area contributed by atoms with E-state index in [4.69, 9.17) is 4.74 Å². The Bertz CT molecular complexity index is 470. The number of rotatable bonds is 2. The number of aromatic amines is 1. The van der Waals surface area contributed by atoms with Crippen LogP contribution in [0.5, 0.6) is 0 Å². The minimum absolute atomic E-state index is 0.197. The van der Waals surface area contributed by atoms with Gasteiger partial charge >= 0.3 is 5.97 Å². The molecule has 1 aromatic rings. The van der Waals surface area contributed by atoms with E-state index in [2.05, 4.69) is 25.8 Å². The quantitative estimate of drug-likeness (QED) is 0.815. The first kappa shape index (κ1) is 15.8. The summed E-state index contributed by atoms with van der Waals surface area (Å²) in [5.41, 5.74) is 3.63. The molecule has 1 N–H and O–H groups in total. The topological polar surface area (TPSA) is 42.1 Å². The Kier molecular flexibility index (Phi) is 4.18. The third-order valence-corrected chi connectivity index (χ3v) is 2.90. The van der Waals surface area contributed by atoms with E-state index in [1.165, 1.54) is 5.56 Å². The highest BCUT2D eigenvalue weighted by Crippen LogP contribution is 2.28. The number of ether oxygens (including phenoxy) is 1. The molecule has 0 radical (unpaired) electrons. The number of esters is 1. The maximum Gasteiger partial charge on any atom is 0.355 e. The summed E-state index contributed by atoms with van der Waals surface area (Å²) < 4.78 is 5.43. The summed E-state index contributed by atoms with van der Waals surface area (Å²) >= 11 is 0. The lowest BCUT2D eigenvalue weighted by molar-refractivity contribution is 0.00625. The third-order valence-electron chi connectivity index (χ3n) is 2.90. The zero-order valence-corrected chi connectivity index (χ0v) is 13.5. The Labute approximate surface area is 116 Å². The third kappa shape index (κ3) is 4.41. The molecule has 0 aliphatic rings. The molecule has 0 atom stereocenters. The fourth-order valence-electron chi connectivity index (χ4n) is 2.12. The summed E-state index contributed by atoms with van der Waals surface area (Å²) in [6.45, 7) is 16.3. The maximum absolute atomic E-state index is 12.2. The number of carbonyl (C=O) groups is 1. The molecular weight excluding hydrogens is 238 g/mol. The van der Waals surface area contributed by atoms with Gasteiger partial charge in [-0.15, -0.1) is 0 Å². The van der Waals surface area contributed by atoms with Crippen molar-refractivity contribution < 1.29 is 9.53 Å². The number of hydrogen-bond acceptors (Lipinski definition) is 2. The van der Waals surface area contributed by atoms with Crippen molar-refractivity contribution in [2.75, 3.05) is 0 Å². The van der Waals surface area contributed by atoms with Crippen LogP contribution in [0.1, 0.15) is 68.9 Å². The van der Waals surface area contributed by atoms with Gasteiger partial charge in [0.1, 0.15) is 11.3 Å². The summed E-state index contributed by atoms with van der Waals surface area (Å²) in [5, 5.41) is 0. The van der Waals surface area contributed by atoms with Crippen LogP contribution in [0, 0.1) is 19.3 Å². The molecule has 0 spiro atoms. The van der Waals surface area contributed by atoms with E-state index in [1.54, 1.807) is 0 Å². The van der Waals surface area contributed by atoms with Crippen LogP contribution in [0.25, 0.3) is 0 Å². The Morgan fingerprint density at radius 1 is 1.11 bits per heavy atom. The van der Waals surface area contributed by atoms with E-state index in [1.807, 2.05) is 34.6 Å². The normalized spacial score (nSPS) is 12.6. The van der Waals surface area contributed by atoms with Crippen LogP contribution in [-0.4, -0.2) is 16.6 Å². The Balaban J connectivity index is 3.06. The lowest BCUT2D eigenvalue weighted by atomic mass is 9.86. The van der Waals surface area contributed by atoms with Crippen LogP contribution < -0.4 is 0 Å². The number of hydrogen-bond donors (Lipinski definition) is 1. The fourth-order valence-corrected chi connectivity index (χ4v) is 2.12. The zero-order chi connectivity index (χ0) is 15.0. The first-order valence-electron chi connectivity index (χ1n) is 6.82. The van der Waals surface area contributed by atoms with Crippen LogP contribution in [0.4, 0.5) is 0 Å². The summed E-state index contributed by atoms with van der Waals surface area (Å²) in [5.74, 6) is -0.270. The molecule has 0 saturated carbocycles. The fraction of sp³-hybridized carbons (Fsp3) is 0.688. The van der Waals surface area contributed by atoms with E-state index in [0.29, 0.717) is 5.69 Å². The van der Waals surface area contributed by atoms with Gasteiger partial charge in [-0.1, -0.05) is 20.8 Å². The molecule has 0 amide bonds. The van der Waals surface area contributed by atoms with Crippen LogP contribution in [0.2, 0.25) is 0 Å². The van der Waals surface area contributed by atoms with E-state index in [-0.39, 0.29) is 11.4 Å². The minimum atomic E-state index is -0.466. The van der Waals surface area contributed by atoms with Gasteiger partial charge in [0.15, 0.2) is 0 Å². The highest BCUT2D eigenvalue weighted by molar-refractivity contribution is 5.90. The van der Waals surface area contributed by atoms with Gasteiger partial charge in [0.05, 0.1) is 0 Å². The first-order chi connectivity index (χ1) is 8.41. The van der Waals surface area contributed by atoms with Crippen molar-refractivity contribution in [2.45, 2.75) is 67.4 Å². The van der Waals surface area contributed by atoms with Crippen LogP contribution in [0.15, 0.2) is 0 Å². The Morgan fingerprint density at radius 2 is 1.63 bits per heavy atom. The number of aromatic nitrogens is 1. The maximum atomic E-state index is 12.2. The highest BCUT2D eigenvalue weighted by Gasteiger charge is 2.25. The summed E-state index contributed by atoms with van der Waals surface area (Å²) in [7, 11) is 0. The predicted molar refractivity (Wildman–Crippen MR) is 78.6 cm³/mol. The molecule has 108 valence electrons. The second kappa shape index (κ2) is 5.03. The van der Waals surface area contributed by atoms with Crippen LogP contribution >= 0.6 is 0 Å². The molecule has 1 heterocycles. The predicted octanol–water partition coefficient (Wildman–Crippen LogP) is 4.18. The van der Waals surface area contributed by atoms with Gasteiger partial charge in [-0.2, -0.15) is 0 Å². The molecule has 0 aliphatic heterocycles. The summed E-state index contributed by atoms with van der Waals surface area (Å²) in [4.78, 5) is 15.3. The van der Waals surface area contributed by atoms with Crippen molar-refractivity contribution in [3.63, 3.8) is 0 Å². The molecule has 0 fully saturated rings. The first-order valence-corrected chi connectivity index (χ1v) is 6.82.